The van der Waals surface area contributed by atoms with Gasteiger partial charge in [0, 0.05) is 26.3 Å². The van der Waals surface area contributed by atoms with Crippen LogP contribution in [0.25, 0.3) is 0 Å². The van der Waals surface area contributed by atoms with E-state index in [1.165, 1.54) is 0 Å². The fourth-order valence-electron chi connectivity index (χ4n) is 2.71. The van der Waals surface area contributed by atoms with Gasteiger partial charge in [-0.25, -0.2) is 0 Å². The van der Waals surface area contributed by atoms with Crippen molar-refractivity contribution in [1.29, 1.82) is 0 Å². The Morgan fingerprint density at radius 3 is 2.33 bits per heavy atom. The Kier molecular flexibility index (Phi) is 7.40. The molecular weight excluding hydrogens is 246 g/mol. The lowest BCUT2D eigenvalue weighted by atomic mass is 10.4. The van der Waals surface area contributed by atoms with Crippen LogP contribution >= 0.6 is 0 Å². The number of hydrogen-bond donors (Lipinski definition) is 1. The molecule has 1 N–H and O–H groups in total. The molecule has 1 unspecified atom stereocenters. The minimum Gasteiger partial charge on any atom is -0.394 e. The Labute approximate surface area is 113 Å². The monoisotopic (exact) mass is 275 g/mol. The largest absolute Gasteiger partial charge is 0.394 e. The summed E-state index contributed by atoms with van der Waals surface area (Å²) >= 11 is 0. The van der Waals surface area contributed by atoms with Crippen molar-refractivity contribution in [2.75, 3.05) is 26.3 Å². The smallest absolute Gasteiger partial charge is 0.337 e. The third kappa shape index (κ3) is 4.62. The summed E-state index contributed by atoms with van der Waals surface area (Å²) in [5, 5.41) is 9.76. The number of aliphatic hydroxyl groups excluding tert-OH is 1. The second kappa shape index (κ2) is 8.27. The molecule has 0 aromatic rings. The first-order valence-corrected chi connectivity index (χ1v) is 9.60. The molecule has 0 spiro atoms. The van der Waals surface area contributed by atoms with Crippen LogP contribution in [0.15, 0.2) is 0 Å². The fraction of sp³-hybridized carbons (Fsp3) is 1.00. The van der Waals surface area contributed by atoms with Gasteiger partial charge in [-0.3, -0.25) is 4.90 Å². The normalized spacial score (nSPS) is 21.7. The highest BCUT2D eigenvalue weighted by Gasteiger charge is 2.34. The highest BCUT2D eigenvalue weighted by molar-refractivity contribution is 6.67. The zero-order valence-electron chi connectivity index (χ0n) is 12.2. The summed E-state index contributed by atoms with van der Waals surface area (Å²) in [6.07, 6.45) is 2.89. The van der Waals surface area contributed by atoms with E-state index >= 15 is 0 Å². The van der Waals surface area contributed by atoms with Crippen molar-refractivity contribution in [1.82, 2.24) is 4.90 Å². The summed E-state index contributed by atoms with van der Waals surface area (Å²) < 4.78 is 11.9. The Bertz CT molecular complexity index is 222. The average Bonchev–Trinajstić information content (AvgIpc) is 2.75. The number of aliphatic hydroxyl groups is 1. The molecule has 1 atom stereocenters. The molecule has 1 rings (SSSR count). The van der Waals surface area contributed by atoms with E-state index in [1.807, 2.05) is 13.8 Å². The number of hydrogen-bond acceptors (Lipinski definition) is 4. The van der Waals surface area contributed by atoms with Crippen LogP contribution < -0.4 is 0 Å². The molecule has 0 aromatic heterocycles. The standard InChI is InChI=1S/C13H29NO3Si/c1-4-16-18(6-3,17-5-2)12-8-11-14-10-7-9-13(14)15/h13,15H,4-12H2,1-3H3. The van der Waals surface area contributed by atoms with Crippen LogP contribution in [0.4, 0.5) is 0 Å². The molecule has 1 aliphatic heterocycles. The van der Waals surface area contributed by atoms with Gasteiger partial charge >= 0.3 is 8.56 Å². The lowest BCUT2D eigenvalue weighted by Gasteiger charge is -2.30. The van der Waals surface area contributed by atoms with Crippen LogP contribution in [0.1, 0.15) is 40.0 Å². The van der Waals surface area contributed by atoms with Crippen molar-refractivity contribution >= 4 is 8.56 Å². The van der Waals surface area contributed by atoms with Gasteiger partial charge in [-0.2, -0.15) is 0 Å². The SMILES string of the molecule is CCO[Si](CC)(CCCN1CCCC1O)OCC. The van der Waals surface area contributed by atoms with Crippen molar-refractivity contribution < 1.29 is 14.0 Å². The second-order valence-corrected chi connectivity index (χ2v) is 8.50. The van der Waals surface area contributed by atoms with E-state index < -0.39 is 8.56 Å². The highest BCUT2D eigenvalue weighted by Crippen LogP contribution is 2.22. The Balaban J connectivity index is 2.36. The van der Waals surface area contributed by atoms with Crippen molar-refractivity contribution in [3.05, 3.63) is 0 Å². The molecule has 0 saturated carbocycles. The molecule has 4 nitrogen and oxygen atoms in total. The summed E-state index contributed by atoms with van der Waals surface area (Å²) in [5.41, 5.74) is 0. The van der Waals surface area contributed by atoms with E-state index in [0.717, 1.165) is 57.7 Å². The molecule has 0 aromatic carbocycles. The highest BCUT2D eigenvalue weighted by atomic mass is 28.4. The van der Waals surface area contributed by atoms with E-state index in [4.69, 9.17) is 8.85 Å². The van der Waals surface area contributed by atoms with Crippen LogP contribution in [0.3, 0.4) is 0 Å². The Hall–Kier alpha value is 0.0569. The van der Waals surface area contributed by atoms with E-state index in [1.54, 1.807) is 0 Å². The predicted molar refractivity (Wildman–Crippen MR) is 75.7 cm³/mol. The second-order valence-electron chi connectivity index (χ2n) is 4.89. The third-order valence-electron chi connectivity index (χ3n) is 3.69. The van der Waals surface area contributed by atoms with Gasteiger partial charge < -0.3 is 14.0 Å². The molecule has 1 heterocycles. The van der Waals surface area contributed by atoms with Crippen LogP contribution in [0, 0.1) is 0 Å². The molecular formula is C13H29NO3Si. The van der Waals surface area contributed by atoms with Crippen LogP contribution in [0.2, 0.25) is 12.1 Å². The summed E-state index contributed by atoms with van der Waals surface area (Å²) in [5.74, 6) is 0. The van der Waals surface area contributed by atoms with Gasteiger partial charge in [0.25, 0.3) is 0 Å². The maximum atomic E-state index is 9.76. The van der Waals surface area contributed by atoms with Gasteiger partial charge in [0.15, 0.2) is 0 Å². The molecule has 5 heteroatoms. The summed E-state index contributed by atoms with van der Waals surface area (Å²) in [6, 6.07) is 2.05. The molecule has 1 aliphatic rings. The fourth-order valence-corrected chi connectivity index (χ4v) is 5.60. The van der Waals surface area contributed by atoms with Gasteiger partial charge in [-0.1, -0.05) is 6.92 Å². The van der Waals surface area contributed by atoms with E-state index in [-0.39, 0.29) is 6.23 Å². The summed E-state index contributed by atoms with van der Waals surface area (Å²) in [4.78, 5) is 2.17. The zero-order valence-corrected chi connectivity index (χ0v) is 13.2. The van der Waals surface area contributed by atoms with Crippen molar-refractivity contribution in [3.8, 4) is 0 Å². The lowest BCUT2D eigenvalue weighted by molar-refractivity contribution is 0.0378. The summed E-state index contributed by atoms with van der Waals surface area (Å²) in [7, 11) is -1.97. The molecule has 1 saturated heterocycles. The minimum absolute atomic E-state index is 0.220. The van der Waals surface area contributed by atoms with Gasteiger partial charge in [0.2, 0.25) is 0 Å². The molecule has 0 amide bonds. The van der Waals surface area contributed by atoms with Crippen molar-refractivity contribution in [2.45, 2.75) is 58.3 Å². The number of nitrogens with zero attached hydrogens (tertiary/aromatic N) is 1. The van der Waals surface area contributed by atoms with Crippen LogP contribution in [0.5, 0.6) is 0 Å². The Morgan fingerprint density at radius 1 is 1.22 bits per heavy atom. The van der Waals surface area contributed by atoms with E-state index in [0.29, 0.717) is 0 Å². The first-order valence-electron chi connectivity index (χ1n) is 7.37. The molecule has 18 heavy (non-hydrogen) atoms. The van der Waals surface area contributed by atoms with Crippen LogP contribution in [-0.2, 0) is 8.85 Å². The van der Waals surface area contributed by atoms with Crippen LogP contribution in [-0.4, -0.2) is 51.1 Å². The first kappa shape index (κ1) is 16.1. The topological polar surface area (TPSA) is 41.9 Å². The molecule has 108 valence electrons. The van der Waals surface area contributed by atoms with E-state index in [2.05, 4.69) is 11.8 Å². The maximum absolute atomic E-state index is 9.76. The van der Waals surface area contributed by atoms with Crippen molar-refractivity contribution in [3.63, 3.8) is 0 Å². The molecule has 0 aliphatic carbocycles. The minimum atomic E-state index is -1.97. The maximum Gasteiger partial charge on any atom is 0.337 e. The van der Waals surface area contributed by atoms with Gasteiger partial charge in [-0.15, -0.1) is 0 Å². The van der Waals surface area contributed by atoms with Gasteiger partial charge in [0.1, 0.15) is 6.23 Å². The number of likely N-dealkylation sites (tertiary alicyclic amines) is 1. The Morgan fingerprint density at radius 2 is 1.89 bits per heavy atom. The summed E-state index contributed by atoms with van der Waals surface area (Å²) in [6.45, 7) is 9.74. The zero-order chi connectivity index (χ0) is 13.4. The van der Waals surface area contributed by atoms with Gasteiger partial charge in [0.05, 0.1) is 0 Å². The molecule has 1 fully saturated rings. The first-order chi connectivity index (χ1) is 8.67. The lowest BCUT2D eigenvalue weighted by Crippen LogP contribution is -2.42. The quantitative estimate of drug-likeness (QED) is 0.656. The van der Waals surface area contributed by atoms with Gasteiger partial charge in [-0.05, 0) is 45.2 Å². The van der Waals surface area contributed by atoms with Crippen molar-refractivity contribution in [2.24, 2.45) is 0 Å². The number of rotatable bonds is 9. The molecule has 0 radical (unpaired) electrons. The molecule has 0 bridgehead atoms. The third-order valence-corrected chi connectivity index (χ3v) is 7.51. The van der Waals surface area contributed by atoms with E-state index in [9.17, 15) is 5.11 Å². The average molecular weight is 275 g/mol. The predicted octanol–water partition coefficient (Wildman–Crippen LogP) is 2.33.